The summed E-state index contributed by atoms with van der Waals surface area (Å²) in [5.74, 6) is 1.31. The molecule has 2 rings (SSSR count). The maximum Gasteiger partial charge on any atom is 0.153 e. The highest BCUT2D eigenvalue weighted by Gasteiger charge is 2.07. The quantitative estimate of drug-likeness (QED) is 0.607. The molecule has 2 aromatic heterocycles. The van der Waals surface area contributed by atoms with E-state index in [9.17, 15) is 0 Å². The number of aromatic nitrogens is 4. The van der Waals surface area contributed by atoms with Gasteiger partial charge in [0.15, 0.2) is 5.82 Å². The van der Waals surface area contributed by atoms with Crippen LogP contribution in [0.1, 0.15) is 11.5 Å². The molecule has 2 N–H and O–H groups in total. The molecule has 0 spiro atoms. The first-order valence-corrected chi connectivity index (χ1v) is 3.62. The van der Waals surface area contributed by atoms with Crippen LogP contribution in [0.25, 0.3) is 5.52 Å². The van der Waals surface area contributed by atoms with E-state index in [0.29, 0.717) is 5.82 Å². The van der Waals surface area contributed by atoms with E-state index in [1.807, 2.05) is 13.8 Å². The molecular formula is C7H9N5. The van der Waals surface area contributed by atoms with Crippen molar-refractivity contribution >= 4 is 11.3 Å². The van der Waals surface area contributed by atoms with E-state index in [4.69, 9.17) is 5.73 Å². The first-order chi connectivity index (χ1) is 5.70. The van der Waals surface area contributed by atoms with Crippen molar-refractivity contribution in [3.8, 4) is 0 Å². The van der Waals surface area contributed by atoms with E-state index < -0.39 is 0 Å². The monoisotopic (exact) mass is 163 g/mol. The van der Waals surface area contributed by atoms with Gasteiger partial charge in [-0.1, -0.05) is 0 Å². The zero-order valence-corrected chi connectivity index (χ0v) is 6.94. The summed E-state index contributed by atoms with van der Waals surface area (Å²) < 4.78 is 1.69. The molecule has 2 aromatic rings. The topological polar surface area (TPSA) is 69.1 Å². The van der Waals surface area contributed by atoms with Crippen molar-refractivity contribution in [2.45, 2.75) is 13.8 Å². The molecule has 0 bridgehead atoms. The van der Waals surface area contributed by atoms with Crippen LogP contribution in [-0.4, -0.2) is 19.6 Å². The molecule has 0 unspecified atom stereocenters. The Kier molecular flexibility index (Phi) is 1.27. The summed E-state index contributed by atoms with van der Waals surface area (Å²) in [6.07, 6.45) is 1.43. The van der Waals surface area contributed by atoms with E-state index in [0.717, 1.165) is 17.0 Å². The third-order valence-corrected chi connectivity index (χ3v) is 1.80. The van der Waals surface area contributed by atoms with Crippen molar-refractivity contribution in [2.75, 3.05) is 5.73 Å². The number of hydrogen-bond acceptors (Lipinski definition) is 4. The average molecular weight is 163 g/mol. The highest BCUT2D eigenvalue weighted by Crippen LogP contribution is 2.14. The van der Waals surface area contributed by atoms with Gasteiger partial charge in [0, 0.05) is 0 Å². The Bertz CT molecular complexity index is 431. The van der Waals surface area contributed by atoms with Crippen molar-refractivity contribution in [3.63, 3.8) is 0 Å². The number of nitrogen functional groups attached to an aromatic ring is 1. The molecule has 0 atom stereocenters. The Morgan fingerprint density at radius 1 is 1.42 bits per heavy atom. The van der Waals surface area contributed by atoms with Crippen LogP contribution in [0.5, 0.6) is 0 Å². The van der Waals surface area contributed by atoms with E-state index in [-0.39, 0.29) is 0 Å². The molecule has 0 fully saturated rings. The summed E-state index contributed by atoms with van der Waals surface area (Å²) >= 11 is 0. The van der Waals surface area contributed by atoms with Gasteiger partial charge in [-0.25, -0.2) is 14.5 Å². The van der Waals surface area contributed by atoms with Crippen LogP contribution in [0.4, 0.5) is 5.82 Å². The first-order valence-electron chi connectivity index (χ1n) is 3.62. The summed E-state index contributed by atoms with van der Waals surface area (Å²) in [6.45, 7) is 3.77. The zero-order valence-electron chi connectivity index (χ0n) is 6.94. The van der Waals surface area contributed by atoms with Gasteiger partial charge in [0.05, 0.1) is 5.69 Å². The molecule has 12 heavy (non-hydrogen) atoms. The third-order valence-electron chi connectivity index (χ3n) is 1.80. The average Bonchev–Trinajstić information content (AvgIpc) is 2.29. The van der Waals surface area contributed by atoms with Crippen molar-refractivity contribution in [1.82, 2.24) is 19.6 Å². The molecule has 0 amide bonds. The lowest BCUT2D eigenvalue weighted by Gasteiger charge is -1.96. The smallest absolute Gasteiger partial charge is 0.153 e. The number of anilines is 1. The zero-order chi connectivity index (χ0) is 8.72. The van der Waals surface area contributed by atoms with Crippen LogP contribution >= 0.6 is 0 Å². The second-order valence-electron chi connectivity index (χ2n) is 2.65. The fourth-order valence-electron chi connectivity index (χ4n) is 1.29. The van der Waals surface area contributed by atoms with E-state index in [2.05, 4.69) is 15.1 Å². The van der Waals surface area contributed by atoms with Crippen LogP contribution in [0.15, 0.2) is 6.33 Å². The van der Waals surface area contributed by atoms with Gasteiger partial charge in [-0.2, -0.15) is 5.10 Å². The molecular weight excluding hydrogens is 154 g/mol. The molecule has 2 heterocycles. The van der Waals surface area contributed by atoms with Crippen molar-refractivity contribution in [3.05, 3.63) is 17.8 Å². The molecule has 0 aromatic carbocycles. The summed E-state index contributed by atoms with van der Waals surface area (Å²) in [6, 6.07) is 0. The second-order valence-corrected chi connectivity index (χ2v) is 2.65. The Morgan fingerprint density at radius 2 is 2.17 bits per heavy atom. The fraction of sp³-hybridized carbons (Fsp3) is 0.286. The summed E-state index contributed by atoms with van der Waals surface area (Å²) in [5, 5.41) is 4.03. The lowest BCUT2D eigenvalue weighted by atomic mass is 10.4. The number of imidazole rings is 1. The van der Waals surface area contributed by atoms with Gasteiger partial charge >= 0.3 is 0 Å². The number of nitrogens with two attached hydrogens (primary N) is 1. The molecule has 0 saturated heterocycles. The number of nitrogens with zero attached hydrogens (tertiary/aromatic N) is 4. The molecule has 5 heteroatoms. The van der Waals surface area contributed by atoms with Gasteiger partial charge in [0.25, 0.3) is 0 Å². The van der Waals surface area contributed by atoms with Crippen molar-refractivity contribution < 1.29 is 0 Å². The van der Waals surface area contributed by atoms with Gasteiger partial charge in [0.2, 0.25) is 0 Å². The molecule has 5 nitrogen and oxygen atoms in total. The molecule has 0 radical (unpaired) electrons. The number of rotatable bonds is 0. The summed E-state index contributed by atoms with van der Waals surface area (Å²) in [5.41, 5.74) is 7.33. The number of fused-ring (bicyclic) bond motifs is 1. The molecule has 0 aliphatic rings. The predicted molar refractivity (Wildman–Crippen MR) is 44.7 cm³/mol. The minimum Gasteiger partial charge on any atom is -0.382 e. The highest BCUT2D eigenvalue weighted by atomic mass is 15.3. The molecule has 0 aliphatic heterocycles. The predicted octanol–water partition coefficient (Wildman–Crippen LogP) is 0.323. The number of aryl methyl sites for hydroxylation is 2. The maximum atomic E-state index is 5.66. The van der Waals surface area contributed by atoms with Crippen LogP contribution in [0.3, 0.4) is 0 Å². The van der Waals surface area contributed by atoms with Crippen molar-refractivity contribution in [1.29, 1.82) is 0 Å². The van der Waals surface area contributed by atoms with E-state index in [1.54, 1.807) is 4.52 Å². The Morgan fingerprint density at radius 3 is 2.83 bits per heavy atom. The largest absolute Gasteiger partial charge is 0.382 e. The van der Waals surface area contributed by atoms with Crippen LogP contribution < -0.4 is 5.73 Å². The minimum atomic E-state index is 0.475. The Labute approximate surface area is 69.2 Å². The molecule has 0 aliphatic carbocycles. The molecule has 0 saturated carbocycles. The van der Waals surface area contributed by atoms with Gasteiger partial charge in [-0.05, 0) is 13.8 Å². The summed E-state index contributed by atoms with van der Waals surface area (Å²) in [7, 11) is 0. The van der Waals surface area contributed by atoms with Crippen molar-refractivity contribution in [2.24, 2.45) is 0 Å². The SMILES string of the molecule is Cc1nc(C)n2ncnc(N)c12. The highest BCUT2D eigenvalue weighted by molar-refractivity contribution is 5.67. The van der Waals surface area contributed by atoms with Gasteiger partial charge in [-0.15, -0.1) is 0 Å². The normalized spacial score (nSPS) is 10.8. The van der Waals surface area contributed by atoms with Crippen LogP contribution in [-0.2, 0) is 0 Å². The Balaban J connectivity index is 2.99. The van der Waals surface area contributed by atoms with E-state index in [1.165, 1.54) is 6.33 Å². The lowest BCUT2D eigenvalue weighted by molar-refractivity contribution is 0.855. The van der Waals surface area contributed by atoms with E-state index >= 15 is 0 Å². The summed E-state index contributed by atoms with van der Waals surface area (Å²) in [4.78, 5) is 8.12. The standard InChI is InChI=1S/C7H9N5/c1-4-6-7(8)9-3-10-12(6)5(2)11-4/h3H,1-2H3,(H2,8,9,10). The Hall–Kier alpha value is -1.65. The van der Waals surface area contributed by atoms with Crippen LogP contribution in [0.2, 0.25) is 0 Å². The lowest BCUT2D eigenvalue weighted by Crippen LogP contribution is -2.00. The second kappa shape index (κ2) is 2.17. The first kappa shape index (κ1) is 7.02. The van der Waals surface area contributed by atoms with Gasteiger partial charge < -0.3 is 5.73 Å². The fourth-order valence-corrected chi connectivity index (χ4v) is 1.29. The van der Waals surface area contributed by atoms with Gasteiger partial charge in [0.1, 0.15) is 17.7 Å². The third kappa shape index (κ3) is 0.761. The van der Waals surface area contributed by atoms with Crippen LogP contribution in [0, 0.1) is 13.8 Å². The maximum absolute atomic E-state index is 5.66. The van der Waals surface area contributed by atoms with Gasteiger partial charge in [-0.3, -0.25) is 0 Å². The molecule has 62 valence electrons. The number of hydrogen-bond donors (Lipinski definition) is 1. The minimum absolute atomic E-state index is 0.475.